The second-order valence-corrected chi connectivity index (χ2v) is 3.62. The Kier molecular flexibility index (Phi) is 6.68. The van der Waals surface area contributed by atoms with E-state index in [9.17, 15) is 13.6 Å². The molecule has 0 saturated carbocycles. The molecule has 1 rings (SSSR count). The molecule has 0 aromatic heterocycles. The minimum Gasteiger partial charge on any atom is -0.481 e. The molecule has 0 fully saturated rings. The van der Waals surface area contributed by atoms with Gasteiger partial charge < -0.3 is 10.0 Å². The molecule has 0 aliphatic rings. The second kappa shape index (κ2) is 7.19. The zero-order chi connectivity index (χ0) is 12.1. The van der Waals surface area contributed by atoms with Crippen molar-refractivity contribution >= 4 is 18.4 Å². The average Bonchev–Trinajstić information content (AvgIpc) is 2.20. The van der Waals surface area contributed by atoms with Gasteiger partial charge in [0.2, 0.25) is 0 Å². The molecule has 0 amide bonds. The van der Waals surface area contributed by atoms with Crippen LogP contribution in [-0.4, -0.2) is 29.6 Å². The van der Waals surface area contributed by atoms with Gasteiger partial charge in [0.05, 0.1) is 6.42 Å². The third-order valence-electron chi connectivity index (χ3n) is 2.16. The first-order valence-corrected chi connectivity index (χ1v) is 4.83. The summed E-state index contributed by atoms with van der Waals surface area (Å²) in [6.07, 6.45) is -0.0204. The molecule has 1 aromatic rings. The molecule has 1 N–H and O–H groups in total. The lowest BCUT2D eigenvalue weighted by Crippen LogP contribution is -2.22. The highest BCUT2D eigenvalue weighted by atomic mass is 35.5. The maximum atomic E-state index is 13.2. The highest BCUT2D eigenvalue weighted by molar-refractivity contribution is 5.85. The van der Waals surface area contributed by atoms with E-state index in [0.717, 1.165) is 18.2 Å². The number of rotatable bonds is 5. The fourth-order valence-electron chi connectivity index (χ4n) is 1.32. The number of carboxylic acids is 1. The van der Waals surface area contributed by atoms with Crippen LogP contribution in [-0.2, 0) is 11.3 Å². The fraction of sp³-hybridized carbons (Fsp3) is 0.364. The van der Waals surface area contributed by atoms with Crippen LogP contribution in [0.15, 0.2) is 18.2 Å². The lowest BCUT2D eigenvalue weighted by atomic mass is 10.2. The summed E-state index contributed by atoms with van der Waals surface area (Å²) in [5.74, 6) is -1.89. The van der Waals surface area contributed by atoms with Crippen molar-refractivity contribution < 1.29 is 18.7 Å². The lowest BCUT2D eigenvalue weighted by molar-refractivity contribution is -0.137. The van der Waals surface area contributed by atoms with Gasteiger partial charge in [0.25, 0.3) is 0 Å². The standard InChI is InChI=1S/C11H13F2NO2.ClH/c1-14(5-4-11(15)16)7-8-6-9(12)2-3-10(8)13;/h2-3,6H,4-5,7H2,1H3,(H,15,16);1H. The monoisotopic (exact) mass is 265 g/mol. The van der Waals surface area contributed by atoms with Crippen molar-refractivity contribution in [3.63, 3.8) is 0 Å². The summed E-state index contributed by atoms with van der Waals surface area (Å²) in [6, 6.07) is 3.23. The third-order valence-corrected chi connectivity index (χ3v) is 2.16. The molecule has 0 atom stereocenters. The number of carbonyl (C=O) groups is 1. The van der Waals surface area contributed by atoms with Crippen molar-refractivity contribution in [3.8, 4) is 0 Å². The summed E-state index contributed by atoms with van der Waals surface area (Å²) in [4.78, 5) is 11.9. The van der Waals surface area contributed by atoms with Crippen LogP contribution in [0.3, 0.4) is 0 Å². The molecule has 96 valence electrons. The molecule has 0 heterocycles. The molecule has 6 heteroatoms. The first kappa shape index (κ1) is 15.8. The molecule has 0 radical (unpaired) electrons. The Morgan fingerprint density at radius 1 is 1.41 bits per heavy atom. The van der Waals surface area contributed by atoms with Crippen molar-refractivity contribution in [1.82, 2.24) is 4.90 Å². The van der Waals surface area contributed by atoms with Gasteiger partial charge in [-0.1, -0.05) is 0 Å². The van der Waals surface area contributed by atoms with Gasteiger partial charge in [0.15, 0.2) is 0 Å². The van der Waals surface area contributed by atoms with Gasteiger partial charge in [-0.15, -0.1) is 12.4 Å². The van der Waals surface area contributed by atoms with E-state index in [2.05, 4.69) is 0 Å². The molecule has 0 bridgehead atoms. The number of carboxylic acid groups (broad SMARTS) is 1. The van der Waals surface area contributed by atoms with Gasteiger partial charge >= 0.3 is 5.97 Å². The average molecular weight is 266 g/mol. The molecule has 0 saturated heterocycles. The Hall–Kier alpha value is -1.20. The van der Waals surface area contributed by atoms with Crippen molar-refractivity contribution in [2.24, 2.45) is 0 Å². The molecule has 0 spiro atoms. The normalized spacial score (nSPS) is 10.1. The summed E-state index contributed by atoms with van der Waals surface area (Å²) >= 11 is 0. The fourth-order valence-corrected chi connectivity index (χ4v) is 1.32. The number of nitrogens with zero attached hydrogens (tertiary/aromatic N) is 1. The lowest BCUT2D eigenvalue weighted by Gasteiger charge is -2.15. The summed E-state index contributed by atoms with van der Waals surface area (Å²) in [6.45, 7) is 0.488. The van der Waals surface area contributed by atoms with Gasteiger partial charge in [-0.2, -0.15) is 0 Å². The molecular formula is C11H14ClF2NO2. The Morgan fingerprint density at radius 3 is 2.65 bits per heavy atom. The van der Waals surface area contributed by atoms with Crippen LogP contribution in [0.25, 0.3) is 0 Å². The largest absolute Gasteiger partial charge is 0.481 e. The minimum atomic E-state index is -0.911. The Labute approximate surface area is 104 Å². The quantitative estimate of drug-likeness (QED) is 0.888. The predicted octanol–water partition coefficient (Wildman–Crippen LogP) is 2.29. The third kappa shape index (κ3) is 5.60. The number of hydrogen-bond acceptors (Lipinski definition) is 2. The van der Waals surface area contributed by atoms with E-state index in [4.69, 9.17) is 5.11 Å². The first-order chi connectivity index (χ1) is 7.49. The van der Waals surface area contributed by atoms with Gasteiger partial charge in [-0.25, -0.2) is 8.78 Å². The molecular weight excluding hydrogens is 252 g/mol. The summed E-state index contributed by atoms with van der Waals surface area (Å²) in [5, 5.41) is 8.47. The SMILES string of the molecule is CN(CCC(=O)O)Cc1cc(F)ccc1F.Cl. The van der Waals surface area contributed by atoms with E-state index < -0.39 is 17.6 Å². The van der Waals surface area contributed by atoms with Crippen LogP contribution < -0.4 is 0 Å². The summed E-state index contributed by atoms with van der Waals surface area (Å²) in [5.41, 5.74) is 0.230. The van der Waals surface area contributed by atoms with Crippen molar-refractivity contribution in [1.29, 1.82) is 0 Å². The van der Waals surface area contributed by atoms with Crippen LogP contribution in [0.4, 0.5) is 8.78 Å². The Morgan fingerprint density at radius 2 is 2.06 bits per heavy atom. The maximum absolute atomic E-state index is 13.2. The van der Waals surface area contributed by atoms with Crippen molar-refractivity contribution in [2.45, 2.75) is 13.0 Å². The zero-order valence-corrected chi connectivity index (χ0v) is 10.1. The molecule has 17 heavy (non-hydrogen) atoms. The molecule has 1 aromatic carbocycles. The Balaban J connectivity index is 0.00000256. The van der Waals surface area contributed by atoms with Crippen LogP contribution in [0.1, 0.15) is 12.0 Å². The predicted molar refractivity (Wildman–Crippen MR) is 62.2 cm³/mol. The van der Waals surface area contributed by atoms with Gasteiger partial charge in [-0.05, 0) is 25.2 Å². The topological polar surface area (TPSA) is 40.5 Å². The van der Waals surface area contributed by atoms with Gasteiger partial charge in [0, 0.05) is 18.7 Å². The molecule has 0 unspecified atom stereocenters. The molecule has 0 aliphatic carbocycles. The molecule has 0 aliphatic heterocycles. The van der Waals surface area contributed by atoms with E-state index in [1.807, 2.05) is 0 Å². The number of halogens is 3. The summed E-state index contributed by atoms with van der Waals surface area (Å²) in [7, 11) is 1.66. The van der Waals surface area contributed by atoms with E-state index in [0.29, 0.717) is 6.54 Å². The smallest absolute Gasteiger partial charge is 0.304 e. The maximum Gasteiger partial charge on any atom is 0.304 e. The van der Waals surface area contributed by atoms with Crippen LogP contribution in [0.2, 0.25) is 0 Å². The summed E-state index contributed by atoms with van der Waals surface area (Å²) < 4.78 is 26.1. The highest BCUT2D eigenvalue weighted by Crippen LogP contribution is 2.11. The van der Waals surface area contributed by atoms with E-state index in [-0.39, 0.29) is 30.9 Å². The highest BCUT2D eigenvalue weighted by Gasteiger charge is 2.08. The Bertz CT molecular complexity index is 388. The first-order valence-electron chi connectivity index (χ1n) is 4.83. The number of hydrogen-bond donors (Lipinski definition) is 1. The molecule has 3 nitrogen and oxygen atoms in total. The van der Waals surface area contributed by atoms with Gasteiger partial charge in [-0.3, -0.25) is 4.79 Å². The minimum absolute atomic E-state index is 0. The zero-order valence-electron chi connectivity index (χ0n) is 9.32. The number of benzene rings is 1. The van der Waals surface area contributed by atoms with Crippen LogP contribution in [0, 0.1) is 11.6 Å². The van der Waals surface area contributed by atoms with E-state index >= 15 is 0 Å². The van der Waals surface area contributed by atoms with Crippen molar-refractivity contribution in [2.75, 3.05) is 13.6 Å². The van der Waals surface area contributed by atoms with Crippen LogP contribution >= 0.6 is 12.4 Å². The van der Waals surface area contributed by atoms with Gasteiger partial charge in [0.1, 0.15) is 11.6 Å². The second-order valence-electron chi connectivity index (χ2n) is 3.62. The number of aliphatic carboxylic acids is 1. The van der Waals surface area contributed by atoms with Crippen LogP contribution in [0.5, 0.6) is 0 Å². The van der Waals surface area contributed by atoms with E-state index in [1.54, 1.807) is 11.9 Å². The van der Waals surface area contributed by atoms with Crippen molar-refractivity contribution in [3.05, 3.63) is 35.4 Å². The van der Waals surface area contributed by atoms with E-state index in [1.165, 1.54) is 0 Å².